The summed E-state index contributed by atoms with van der Waals surface area (Å²) in [6.45, 7) is 3.41. The number of carbonyl (C=O) groups is 1. The van der Waals surface area contributed by atoms with Gasteiger partial charge in [-0.05, 0) is 54.8 Å². The third-order valence-electron chi connectivity index (χ3n) is 5.49. The van der Waals surface area contributed by atoms with E-state index >= 15 is 0 Å². The number of nitrogens with zero attached hydrogens (tertiary/aromatic N) is 2. The number of Topliss-reactive ketones (excluding diaryl/α,β-unsaturated/α-hetero) is 1. The van der Waals surface area contributed by atoms with Gasteiger partial charge in [0.05, 0.1) is 23.1 Å². The summed E-state index contributed by atoms with van der Waals surface area (Å²) in [4.78, 5) is 38.7. The van der Waals surface area contributed by atoms with Crippen molar-refractivity contribution < 1.29 is 9.90 Å². The van der Waals surface area contributed by atoms with Crippen LogP contribution >= 0.6 is 15.9 Å². The number of ketones is 1. The Morgan fingerprint density at radius 2 is 1.59 bits per heavy atom. The van der Waals surface area contributed by atoms with Gasteiger partial charge in [-0.3, -0.25) is 14.2 Å². The van der Waals surface area contributed by atoms with Crippen molar-refractivity contribution in [3.63, 3.8) is 0 Å². The Labute approximate surface area is 192 Å². The minimum Gasteiger partial charge on any atom is -0.388 e. The standard InChI is InChI=1S/C25H21BrN2O4/c1-15-11-19(26)12-16(2)23(15)28-24(31)20-5-3-4-6-21(20)27(25(28)32)13-17-7-9-18(10-8-17)22(30)14-29/h3-12,29H,13-14H2,1-2H3. The van der Waals surface area contributed by atoms with E-state index in [0.29, 0.717) is 22.2 Å². The third kappa shape index (κ3) is 3.85. The van der Waals surface area contributed by atoms with Gasteiger partial charge in [0.1, 0.15) is 6.61 Å². The number of aromatic nitrogens is 2. The molecule has 4 aromatic rings. The molecule has 0 aliphatic rings. The number of benzene rings is 3. The maximum Gasteiger partial charge on any atom is 0.336 e. The lowest BCUT2D eigenvalue weighted by atomic mass is 10.1. The highest BCUT2D eigenvalue weighted by atomic mass is 79.9. The van der Waals surface area contributed by atoms with Crippen LogP contribution in [0.5, 0.6) is 0 Å². The van der Waals surface area contributed by atoms with Gasteiger partial charge in [0.15, 0.2) is 5.78 Å². The zero-order valence-electron chi connectivity index (χ0n) is 17.6. The first-order chi connectivity index (χ1) is 15.3. The Bertz CT molecular complexity index is 1440. The average molecular weight is 493 g/mol. The highest BCUT2D eigenvalue weighted by Crippen LogP contribution is 2.23. The number of aryl methyl sites for hydroxylation is 2. The fourth-order valence-corrected chi connectivity index (χ4v) is 4.68. The Balaban J connectivity index is 1.95. The SMILES string of the molecule is Cc1cc(Br)cc(C)c1-n1c(=O)c2ccccc2n(Cc2ccc(C(=O)CO)cc2)c1=O. The molecule has 6 nitrogen and oxygen atoms in total. The summed E-state index contributed by atoms with van der Waals surface area (Å²) in [5.41, 5.74) is 3.14. The molecule has 1 aromatic heterocycles. The maximum atomic E-state index is 13.6. The fraction of sp³-hybridized carbons (Fsp3) is 0.160. The van der Waals surface area contributed by atoms with Crippen LogP contribution in [-0.4, -0.2) is 26.6 Å². The van der Waals surface area contributed by atoms with Crippen LogP contribution < -0.4 is 11.2 Å². The van der Waals surface area contributed by atoms with Crippen molar-refractivity contribution in [1.82, 2.24) is 9.13 Å². The molecule has 0 aliphatic carbocycles. The van der Waals surface area contributed by atoms with Gasteiger partial charge in [-0.15, -0.1) is 0 Å². The van der Waals surface area contributed by atoms with E-state index in [4.69, 9.17) is 5.11 Å². The molecular formula is C25H21BrN2O4. The maximum absolute atomic E-state index is 13.6. The summed E-state index contributed by atoms with van der Waals surface area (Å²) in [7, 11) is 0. The number of para-hydroxylation sites is 1. The van der Waals surface area contributed by atoms with Crippen molar-refractivity contribution in [3.05, 3.63) is 108 Å². The molecule has 0 fully saturated rings. The second kappa shape index (κ2) is 8.68. The number of aliphatic hydroxyl groups is 1. The van der Waals surface area contributed by atoms with Crippen LogP contribution in [0.2, 0.25) is 0 Å². The van der Waals surface area contributed by atoms with Gasteiger partial charge in [-0.1, -0.05) is 52.3 Å². The van der Waals surface area contributed by atoms with E-state index in [9.17, 15) is 14.4 Å². The predicted octanol–water partition coefficient (Wildman–Crippen LogP) is 3.76. The normalized spacial score (nSPS) is 11.1. The van der Waals surface area contributed by atoms with Crippen LogP contribution in [0.4, 0.5) is 0 Å². The van der Waals surface area contributed by atoms with Crippen LogP contribution in [0.25, 0.3) is 16.6 Å². The monoisotopic (exact) mass is 492 g/mol. The lowest BCUT2D eigenvalue weighted by Crippen LogP contribution is -2.40. The van der Waals surface area contributed by atoms with E-state index < -0.39 is 12.3 Å². The molecule has 0 spiro atoms. The molecule has 1 N–H and O–H groups in total. The van der Waals surface area contributed by atoms with Crippen molar-refractivity contribution in [2.24, 2.45) is 0 Å². The molecule has 7 heteroatoms. The van der Waals surface area contributed by atoms with Gasteiger partial charge in [0.25, 0.3) is 5.56 Å². The second-order valence-electron chi connectivity index (χ2n) is 7.69. The van der Waals surface area contributed by atoms with E-state index in [1.807, 2.05) is 26.0 Å². The van der Waals surface area contributed by atoms with Gasteiger partial charge in [0.2, 0.25) is 0 Å². The van der Waals surface area contributed by atoms with E-state index in [-0.39, 0.29) is 17.9 Å². The lowest BCUT2D eigenvalue weighted by Gasteiger charge is -2.17. The molecule has 0 amide bonds. The van der Waals surface area contributed by atoms with E-state index in [0.717, 1.165) is 21.2 Å². The minimum absolute atomic E-state index is 0.224. The molecule has 0 bridgehead atoms. The summed E-state index contributed by atoms with van der Waals surface area (Å²) in [6, 6.07) is 17.5. The molecule has 0 radical (unpaired) electrons. The zero-order valence-corrected chi connectivity index (χ0v) is 19.2. The smallest absolute Gasteiger partial charge is 0.336 e. The number of halogens is 1. The van der Waals surface area contributed by atoms with Crippen LogP contribution in [-0.2, 0) is 6.54 Å². The van der Waals surface area contributed by atoms with Gasteiger partial charge in [-0.25, -0.2) is 9.36 Å². The molecule has 162 valence electrons. The van der Waals surface area contributed by atoms with Gasteiger partial charge < -0.3 is 5.11 Å². The van der Waals surface area contributed by atoms with Crippen molar-refractivity contribution in [2.75, 3.05) is 6.61 Å². The Hall–Kier alpha value is -3.29. The Morgan fingerprint density at radius 3 is 2.22 bits per heavy atom. The first-order valence-corrected chi connectivity index (χ1v) is 10.9. The van der Waals surface area contributed by atoms with E-state index in [1.54, 1.807) is 53.1 Å². The predicted molar refractivity (Wildman–Crippen MR) is 128 cm³/mol. The van der Waals surface area contributed by atoms with Crippen LogP contribution in [0.15, 0.2) is 74.7 Å². The summed E-state index contributed by atoms with van der Waals surface area (Å²) in [5, 5.41) is 9.49. The largest absolute Gasteiger partial charge is 0.388 e. The van der Waals surface area contributed by atoms with Crippen molar-refractivity contribution in [2.45, 2.75) is 20.4 Å². The van der Waals surface area contributed by atoms with Gasteiger partial charge in [0, 0.05) is 10.0 Å². The molecule has 32 heavy (non-hydrogen) atoms. The van der Waals surface area contributed by atoms with Crippen LogP contribution in [0, 0.1) is 13.8 Å². The number of fused-ring (bicyclic) bond motifs is 1. The van der Waals surface area contributed by atoms with Crippen molar-refractivity contribution in [3.8, 4) is 5.69 Å². The molecule has 1 heterocycles. The second-order valence-corrected chi connectivity index (χ2v) is 8.61. The Kier molecular flexibility index (Phi) is 5.95. The van der Waals surface area contributed by atoms with E-state index in [1.165, 1.54) is 4.57 Å². The summed E-state index contributed by atoms with van der Waals surface area (Å²) in [5.74, 6) is -0.367. The first kappa shape index (κ1) is 21.9. The van der Waals surface area contributed by atoms with Crippen molar-refractivity contribution >= 4 is 32.6 Å². The first-order valence-electron chi connectivity index (χ1n) is 10.1. The van der Waals surface area contributed by atoms with Crippen molar-refractivity contribution in [1.29, 1.82) is 0 Å². The molecule has 0 saturated carbocycles. The number of carbonyl (C=O) groups excluding carboxylic acids is 1. The van der Waals surface area contributed by atoms with Gasteiger partial charge in [-0.2, -0.15) is 0 Å². The third-order valence-corrected chi connectivity index (χ3v) is 5.95. The van der Waals surface area contributed by atoms with Crippen LogP contribution in [0.1, 0.15) is 27.0 Å². The fourth-order valence-electron chi connectivity index (χ4n) is 4.00. The summed E-state index contributed by atoms with van der Waals surface area (Å²) < 4.78 is 3.69. The topological polar surface area (TPSA) is 81.3 Å². The number of hydrogen-bond donors (Lipinski definition) is 1. The molecule has 0 atom stereocenters. The molecule has 0 saturated heterocycles. The molecule has 0 unspecified atom stereocenters. The molecule has 0 aliphatic heterocycles. The molecule has 3 aromatic carbocycles. The number of hydrogen-bond acceptors (Lipinski definition) is 4. The minimum atomic E-state index is -0.555. The summed E-state index contributed by atoms with van der Waals surface area (Å²) >= 11 is 3.47. The summed E-state index contributed by atoms with van der Waals surface area (Å²) in [6.07, 6.45) is 0. The van der Waals surface area contributed by atoms with Gasteiger partial charge >= 0.3 is 5.69 Å². The van der Waals surface area contributed by atoms with Crippen LogP contribution in [0.3, 0.4) is 0 Å². The highest BCUT2D eigenvalue weighted by molar-refractivity contribution is 9.10. The Morgan fingerprint density at radius 1 is 0.969 bits per heavy atom. The average Bonchev–Trinajstić information content (AvgIpc) is 2.78. The highest BCUT2D eigenvalue weighted by Gasteiger charge is 2.18. The lowest BCUT2D eigenvalue weighted by molar-refractivity contribution is 0.0903. The molecular weight excluding hydrogens is 472 g/mol. The van der Waals surface area contributed by atoms with E-state index in [2.05, 4.69) is 15.9 Å². The quantitative estimate of drug-likeness (QED) is 0.430. The number of rotatable bonds is 5. The molecule has 4 rings (SSSR count). The zero-order chi connectivity index (χ0) is 23.0. The number of aliphatic hydroxyl groups excluding tert-OH is 1.